The first-order chi connectivity index (χ1) is 15.8. The third kappa shape index (κ3) is 6.71. The molecule has 1 atom stereocenters. The second-order valence-corrected chi connectivity index (χ2v) is 9.64. The lowest BCUT2D eigenvalue weighted by Gasteiger charge is -2.34. The summed E-state index contributed by atoms with van der Waals surface area (Å²) in [5, 5.41) is 2.92. The Morgan fingerprint density at radius 3 is 2.39 bits per heavy atom. The molecule has 2 aromatic rings. The molecule has 0 spiro atoms. The van der Waals surface area contributed by atoms with E-state index in [1.54, 1.807) is 17.0 Å². The van der Waals surface area contributed by atoms with Crippen LogP contribution in [0.5, 0.6) is 5.75 Å². The van der Waals surface area contributed by atoms with Gasteiger partial charge in [0.05, 0.1) is 19.8 Å². The van der Waals surface area contributed by atoms with Crippen molar-refractivity contribution < 1.29 is 23.8 Å². The highest BCUT2D eigenvalue weighted by molar-refractivity contribution is 6.04. The average Bonchev–Trinajstić information content (AvgIpc) is 3.62. The molecule has 4 rings (SSSR count). The van der Waals surface area contributed by atoms with Gasteiger partial charge in [0.1, 0.15) is 17.5 Å². The molecule has 33 heavy (non-hydrogen) atoms. The Morgan fingerprint density at radius 1 is 1.06 bits per heavy atom. The molecule has 2 aliphatic rings. The van der Waals surface area contributed by atoms with Crippen molar-refractivity contribution in [1.29, 1.82) is 0 Å². The monoisotopic (exact) mass is 452 g/mol. The van der Waals surface area contributed by atoms with Gasteiger partial charge >= 0.3 is 6.09 Å². The molecule has 7 nitrogen and oxygen atoms in total. The number of nitrogens with zero attached hydrogens (tertiary/aromatic N) is 1. The van der Waals surface area contributed by atoms with Crippen LogP contribution in [0.4, 0.5) is 10.5 Å². The smallest absolute Gasteiger partial charge is 0.410 e. The fraction of sp³-hybridized carbons (Fsp3) is 0.462. The summed E-state index contributed by atoms with van der Waals surface area (Å²) in [4.78, 5) is 26.6. The van der Waals surface area contributed by atoms with E-state index < -0.39 is 5.60 Å². The molecule has 1 aliphatic heterocycles. The number of carbonyl (C=O) groups excluding carboxylic acids is 2. The van der Waals surface area contributed by atoms with Gasteiger partial charge in [-0.05, 0) is 81.5 Å². The minimum Gasteiger partial charge on any atom is -0.493 e. The summed E-state index contributed by atoms with van der Waals surface area (Å²) in [5.74, 6) is 1.30. The highest BCUT2D eigenvalue weighted by atomic mass is 16.6. The summed E-state index contributed by atoms with van der Waals surface area (Å²) in [5.41, 5.74) is 1.67. The number of nitrogens with one attached hydrogen (secondary N) is 1. The van der Waals surface area contributed by atoms with E-state index in [1.165, 1.54) is 12.8 Å². The van der Waals surface area contributed by atoms with Gasteiger partial charge in [-0.3, -0.25) is 4.79 Å². The molecule has 0 unspecified atom stereocenters. The number of benzene rings is 2. The molecule has 176 valence electrons. The predicted octanol–water partition coefficient (Wildman–Crippen LogP) is 5.04. The molecule has 2 fully saturated rings. The third-order valence-electron chi connectivity index (χ3n) is 5.56. The molecule has 2 aromatic carbocycles. The number of hydrogen-bond acceptors (Lipinski definition) is 5. The van der Waals surface area contributed by atoms with E-state index in [2.05, 4.69) is 5.32 Å². The van der Waals surface area contributed by atoms with Gasteiger partial charge in [0, 0.05) is 17.8 Å². The Hall–Kier alpha value is -3.06. The SMILES string of the molecule is CC(C)(C)OC(=O)N1CCO[C@H](c2ccc(NC(=O)c3ccc(OCC4CC4)cc3)cc2)C1. The minimum absolute atomic E-state index is 0.179. The van der Waals surface area contributed by atoms with Crippen molar-refractivity contribution in [1.82, 2.24) is 4.90 Å². The van der Waals surface area contributed by atoms with Crippen molar-refractivity contribution in [2.75, 3.05) is 31.6 Å². The molecule has 2 amide bonds. The first-order valence-corrected chi connectivity index (χ1v) is 11.5. The average molecular weight is 453 g/mol. The Balaban J connectivity index is 1.31. The molecule has 1 aliphatic carbocycles. The molecular weight excluding hydrogens is 420 g/mol. The molecule has 1 heterocycles. The van der Waals surface area contributed by atoms with E-state index in [0.717, 1.165) is 17.9 Å². The molecule has 0 aromatic heterocycles. The molecule has 1 N–H and O–H groups in total. The van der Waals surface area contributed by atoms with Crippen molar-refractivity contribution >= 4 is 17.7 Å². The normalized spacial score (nSPS) is 18.5. The van der Waals surface area contributed by atoms with Crippen LogP contribution in [-0.2, 0) is 9.47 Å². The number of rotatable bonds is 6. The Bertz CT molecular complexity index is 962. The largest absolute Gasteiger partial charge is 0.493 e. The molecule has 1 saturated carbocycles. The summed E-state index contributed by atoms with van der Waals surface area (Å²) >= 11 is 0. The zero-order chi connectivity index (χ0) is 23.4. The van der Waals surface area contributed by atoms with E-state index >= 15 is 0 Å². The van der Waals surface area contributed by atoms with Crippen molar-refractivity contribution in [2.45, 2.75) is 45.3 Å². The van der Waals surface area contributed by atoms with Gasteiger partial charge < -0.3 is 24.4 Å². The lowest BCUT2D eigenvalue weighted by molar-refractivity contribution is -0.0432. The first kappa shape index (κ1) is 23.1. The Morgan fingerprint density at radius 2 is 1.76 bits per heavy atom. The quantitative estimate of drug-likeness (QED) is 0.665. The highest BCUT2D eigenvalue weighted by Gasteiger charge is 2.29. The molecule has 0 bridgehead atoms. The first-order valence-electron chi connectivity index (χ1n) is 11.5. The second kappa shape index (κ2) is 9.83. The van der Waals surface area contributed by atoms with E-state index in [4.69, 9.17) is 14.2 Å². The van der Waals surface area contributed by atoms with Crippen molar-refractivity contribution in [3.63, 3.8) is 0 Å². The van der Waals surface area contributed by atoms with E-state index in [1.807, 2.05) is 57.2 Å². The van der Waals surface area contributed by atoms with Gasteiger partial charge in [0.2, 0.25) is 0 Å². The Labute approximate surface area is 195 Å². The standard InChI is InChI=1S/C26H32N2O5/c1-26(2,3)33-25(30)28-14-15-31-23(16-28)19-6-10-21(11-7-19)27-24(29)20-8-12-22(13-9-20)32-17-18-4-5-18/h6-13,18,23H,4-5,14-17H2,1-3H3,(H,27,29)/t23-/m0/s1. The lowest BCUT2D eigenvalue weighted by atomic mass is 10.1. The summed E-state index contributed by atoms with van der Waals surface area (Å²) in [6.45, 7) is 7.69. The number of morpholine rings is 1. The van der Waals surface area contributed by atoms with Gasteiger partial charge in [-0.25, -0.2) is 4.79 Å². The van der Waals surface area contributed by atoms with Crippen molar-refractivity contribution in [3.8, 4) is 5.75 Å². The number of ether oxygens (including phenoxy) is 3. The minimum atomic E-state index is -0.533. The van der Waals surface area contributed by atoms with E-state index in [9.17, 15) is 9.59 Å². The van der Waals surface area contributed by atoms with Crippen LogP contribution in [0.3, 0.4) is 0 Å². The number of amides is 2. The predicted molar refractivity (Wildman–Crippen MR) is 126 cm³/mol. The van der Waals surface area contributed by atoms with Crippen LogP contribution < -0.4 is 10.1 Å². The summed E-state index contributed by atoms with van der Waals surface area (Å²) in [6, 6.07) is 14.7. The maximum Gasteiger partial charge on any atom is 0.410 e. The van der Waals surface area contributed by atoms with Crippen LogP contribution in [0.1, 0.15) is 55.6 Å². The van der Waals surface area contributed by atoms with Crippen molar-refractivity contribution in [3.05, 3.63) is 59.7 Å². The maximum atomic E-state index is 12.6. The molecule has 0 radical (unpaired) electrons. The lowest BCUT2D eigenvalue weighted by Crippen LogP contribution is -2.44. The number of carbonyl (C=O) groups is 2. The van der Waals surface area contributed by atoms with E-state index in [0.29, 0.717) is 36.9 Å². The van der Waals surface area contributed by atoms with Gasteiger partial charge in [-0.2, -0.15) is 0 Å². The van der Waals surface area contributed by atoms with Crippen LogP contribution in [0.15, 0.2) is 48.5 Å². The van der Waals surface area contributed by atoms with Crippen LogP contribution in [0, 0.1) is 5.92 Å². The second-order valence-electron chi connectivity index (χ2n) is 9.64. The van der Waals surface area contributed by atoms with Crippen LogP contribution >= 0.6 is 0 Å². The van der Waals surface area contributed by atoms with Gasteiger partial charge in [0.25, 0.3) is 5.91 Å². The summed E-state index contributed by atoms with van der Waals surface area (Å²) in [7, 11) is 0. The molecule has 1 saturated heterocycles. The maximum absolute atomic E-state index is 12.6. The van der Waals surface area contributed by atoms with E-state index in [-0.39, 0.29) is 18.1 Å². The van der Waals surface area contributed by atoms with Crippen LogP contribution in [0.25, 0.3) is 0 Å². The topological polar surface area (TPSA) is 77.1 Å². The molecule has 7 heteroatoms. The number of anilines is 1. The zero-order valence-electron chi connectivity index (χ0n) is 19.5. The van der Waals surface area contributed by atoms with Crippen molar-refractivity contribution in [2.24, 2.45) is 5.92 Å². The summed E-state index contributed by atoms with van der Waals surface area (Å²) < 4.78 is 17.1. The molecular formula is C26H32N2O5. The highest BCUT2D eigenvalue weighted by Crippen LogP contribution is 2.29. The Kier molecular flexibility index (Phi) is 6.88. The number of hydrogen-bond donors (Lipinski definition) is 1. The van der Waals surface area contributed by atoms with Gasteiger partial charge in [0.15, 0.2) is 0 Å². The third-order valence-corrected chi connectivity index (χ3v) is 5.56. The fourth-order valence-electron chi connectivity index (χ4n) is 3.53. The van der Waals surface area contributed by atoms with Crippen LogP contribution in [0.2, 0.25) is 0 Å². The van der Waals surface area contributed by atoms with Gasteiger partial charge in [-0.1, -0.05) is 12.1 Å². The van der Waals surface area contributed by atoms with Gasteiger partial charge in [-0.15, -0.1) is 0 Å². The summed E-state index contributed by atoms with van der Waals surface area (Å²) in [6.07, 6.45) is 1.92. The fourth-order valence-corrected chi connectivity index (χ4v) is 3.53. The zero-order valence-corrected chi connectivity index (χ0v) is 19.5. The van der Waals surface area contributed by atoms with Crippen LogP contribution in [-0.4, -0.2) is 48.8 Å².